The van der Waals surface area contributed by atoms with E-state index in [1.54, 1.807) is 0 Å². The average Bonchev–Trinajstić information content (AvgIpc) is 3.17. The standard InChI is InChI=1S/C49H50O2/c50-45(51-34-12-8-7-10-16-36-23-25-42-29-27-38-18-14-20-40-31-33-44(36)49(42)47(38)40)21-11-6-4-2-1-3-5-9-15-35-22-24-41-28-26-37-17-13-19-39-30-32-43(35)48(41)46(37)39/h13-14,17-20,22-33H,1-12,15-16,21,34H2. The number of carbonyl (C=O) groups excluding carboxylic acids is 1. The molecule has 0 N–H and O–H groups in total. The van der Waals surface area contributed by atoms with Crippen LogP contribution in [-0.2, 0) is 22.4 Å². The van der Waals surface area contributed by atoms with Gasteiger partial charge in [0.05, 0.1) is 6.61 Å². The zero-order chi connectivity index (χ0) is 34.4. The van der Waals surface area contributed by atoms with Gasteiger partial charge in [-0.2, -0.15) is 0 Å². The lowest BCUT2D eigenvalue weighted by Crippen LogP contribution is -2.05. The summed E-state index contributed by atoms with van der Waals surface area (Å²) >= 11 is 0. The number of esters is 1. The summed E-state index contributed by atoms with van der Waals surface area (Å²) in [6.07, 6.45) is 16.9. The van der Waals surface area contributed by atoms with Crippen LogP contribution in [0.25, 0.3) is 64.6 Å². The van der Waals surface area contributed by atoms with E-state index in [2.05, 4.69) is 109 Å². The van der Waals surface area contributed by atoms with Gasteiger partial charge in [0.15, 0.2) is 0 Å². The van der Waals surface area contributed by atoms with E-state index in [1.807, 2.05) is 0 Å². The Bertz CT molecular complexity index is 2350. The second-order valence-electron chi connectivity index (χ2n) is 14.9. The molecule has 0 atom stereocenters. The molecule has 51 heavy (non-hydrogen) atoms. The van der Waals surface area contributed by atoms with E-state index in [4.69, 9.17) is 4.74 Å². The molecular weight excluding hydrogens is 621 g/mol. The van der Waals surface area contributed by atoms with Gasteiger partial charge < -0.3 is 4.74 Å². The van der Waals surface area contributed by atoms with Crippen LogP contribution in [-0.4, -0.2) is 12.6 Å². The molecule has 0 radical (unpaired) electrons. The van der Waals surface area contributed by atoms with Crippen LogP contribution in [0, 0.1) is 0 Å². The van der Waals surface area contributed by atoms with Gasteiger partial charge in [-0.25, -0.2) is 0 Å². The van der Waals surface area contributed by atoms with Gasteiger partial charge in [0.2, 0.25) is 0 Å². The number of carbonyl (C=O) groups is 1. The number of ether oxygens (including phenoxy) is 1. The Balaban J connectivity index is 0.663. The minimum Gasteiger partial charge on any atom is -0.466 e. The van der Waals surface area contributed by atoms with Crippen LogP contribution in [0.4, 0.5) is 0 Å². The summed E-state index contributed by atoms with van der Waals surface area (Å²) < 4.78 is 5.56. The van der Waals surface area contributed by atoms with Crippen LogP contribution in [0.2, 0.25) is 0 Å². The molecule has 8 aromatic carbocycles. The molecule has 0 bridgehead atoms. The van der Waals surface area contributed by atoms with Crippen molar-refractivity contribution in [3.05, 3.63) is 120 Å². The molecule has 2 heteroatoms. The van der Waals surface area contributed by atoms with Gasteiger partial charge >= 0.3 is 5.97 Å². The third-order valence-electron chi connectivity index (χ3n) is 11.4. The second-order valence-corrected chi connectivity index (χ2v) is 14.9. The van der Waals surface area contributed by atoms with Crippen molar-refractivity contribution in [3.63, 3.8) is 0 Å². The highest BCUT2D eigenvalue weighted by Crippen LogP contribution is 2.38. The molecule has 0 amide bonds. The van der Waals surface area contributed by atoms with E-state index < -0.39 is 0 Å². The van der Waals surface area contributed by atoms with Gasteiger partial charge in [0.1, 0.15) is 0 Å². The molecule has 0 fully saturated rings. The molecule has 0 aromatic heterocycles. The molecule has 0 aliphatic heterocycles. The SMILES string of the molecule is O=C(CCCCCCCCCCc1ccc2ccc3cccc4ccc1c2c34)OCCCCCCc1ccc2ccc3cccc4ccc1c2c34. The van der Waals surface area contributed by atoms with Gasteiger partial charge in [-0.15, -0.1) is 0 Å². The van der Waals surface area contributed by atoms with Crippen molar-refractivity contribution in [2.45, 2.75) is 96.3 Å². The monoisotopic (exact) mass is 670 g/mol. The van der Waals surface area contributed by atoms with Gasteiger partial charge in [-0.3, -0.25) is 4.79 Å². The predicted molar refractivity (Wildman–Crippen MR) is 219 cm³/mol. The van der Waals surface area contributed by atoms with Crippen LogP contribution in [0.5, 0.6) is 0 Å². The van der Waals surface area contributed by atoms with E-state index in [1.165, 1.54) is 127 Å². The second kappa shape index (κ2) is 15.7. The minimum atomic E-state index is -0.0181. The van der Waals surface area contributed by atoms with Crippen LogP contribution in [0.3, 0.4) is 0 Å². The molecule has 0 saturated carbocycles. The highest BCUT2D eigenvalue weighted by atomic mass is 16.5. The maximum absolute atomic E-state index is 12.3. The lowest BCUT2D eigenvalue weighted by molar-refractivity contribution is -0.143. The molecule has 0 unspecified atom stereocenters. The third-order valence-corrected chi connectivity index (χ3v) is 11.4. The molecule has 0 spiro atoms. The van der Waals surface area contributed by atoms with E-state index in [9.17, 15) is 4.79 Å². The molecule has 0 heterocycles. The summed E-state index contributed by atoms with van der Waals surface area (Å²) in [5.74, 6) is -0.0181. The van der Waals surface area contributed by atoms with Crippen molar-refractivity contribution in [3.8, 4) is 0 Å². The molecule has 2 nitrogen and oxygen atoms in total. The summed E-state index contributed by atoms with van der Waals surface area (Å²) in [5, 5.41) is 16.5. The van der Waals surface area contributed by atoms with Gasteiger partial charge in [0, 0.05) is 6.42 Å². The van der Waals surface area contributed by atoms with Crippen LogP contribution in [0.1, 0.15) is 94.6 Å². The Kier molecular flexibility index (Phi) is 10.3. The summed E-state index contributed by atoms with van der Waals surface area (Å²) in [6, 6.07) is 40.8. The van der Waals surface area contributed by atoms with Crippen LogP contribution in [0.15, 0.2) is 109 Å². The zero-order valence-corrected chi connectivity index (χ0v) is 30.0. The van der Waals surface area contributed by atoms with Gasteiger partial charge in [0.25, 0.3) is 0 Å². The average molecular weight is 671 g/mol. The summed E-state index contributed by atoms with van der Waals surface area (Å²) in [5.41, 5.74) is 2.94. The largest absolute Gasteiger partial charge is 0.466 e. The van der Waals surface area contributed by atoms with Gasteiger partial charge in [-0.1, -0.05) is 161 Å². The van der Waals surface area contributed by atoms with Gasteiger partial charge in [-0.05, 0) is 114 Å². The number of rotatable bonds is 18. The van der Waals surface area contributed by atoms with Crippen molar-refractivity contribution in [2.75, 3.05) is 6.61 Å². The lowest BCUT2D eigenvalue weighted by atomic mass is 9.90. The summed E-state index contributed by atoms with van der Waals surface area (Å²) in [7, 11) is 0. The first-order valence-corrected chi connectivity index (χ1v) is 19.7. The number of benzene rings is 8. The first-order valence-electron chi connectivity index (χ1n) is 19.7. The topological polar surface area (TPSA) is 26.3 Å². The van der Waals surface area contributed by atoms with Crippen molar-refractivity contribution >= 4 is 70.6 Å². The lowest BCUT2D eigenvalue weighted by Gasteiger charge is -2.14. The van der Waals surface area contributed by atoms with E-state index in [-0.39, 0.29) is 5.97 Å². The molecule has 8 aromatic rings. The summed E-state index contributed by atoms with van der Waals surface area (Å²) in [4.78, 5) is 12.3. The Morgan fingerprint density at radius 2 is 0.745 bits per heavy atom. The van der Waals surface area contributed by atoms with Crippen molar-refractivity contribution in [2.24, 2.45) is 0 Å². The molecule has 0 aliphatic rings. The fourth-order valence-electron chi connectivity index (χ4n) is 8.70. The summed E-state index contributed by atoms with van der Waals surface area (Å²) in [6.45, 7) is 0.562. The molecule has 8 rings (SSSR count). The zero-order valence-electron chi connectivity index (χ0n) is 30.0. The minimum absolute atomic E-state index is 0.0181. The van der Waals surface area contributed by atoms with Crippen molar-refractivity contribution < 1.29 is 9.53 Å². The third kappa shape index (κ3) is 7.24. The maximum atomic E-state index is 12.3. The Morgan fingerprint density at radius 1 is 0.373 bits per heavy atom. The molecule has 0 saturated heterocycles. The Morgan fingerprint density at radius 3 is 1.24 bits per heavy atom. The van der Waals surface area contributed by atoms with Crippen LogP contribution < -0.4 is 0 Å². The first kappa shape index (κ1) is 33.5. The van der Waals surface area contributed by atoms with Crippen molar-refractivity contribution in [1.29, 1.82) is 0 Å². The molecular formula is C49H50O2. The number of aryl methyl sites for hydroxylation is 2. The van der Waals surface area contributed by atoms with Crippen LogP contribution >= 0.6 is 0 Å². The molecule has 0 aliphatic carbocycles. The first-order chi connectivity index (χ1) is 25.2. The Labute approximate surface area is 302 Å². The van der Waals surface area contributed by atoms with E-state index in [0.29, 0.717) is 13.0 Å². The highest BCUT2D eigenvalue weighted by Gasteiger charge is 2.12. The predicted octanol–water partition coefficient (Wildman–Crippen LogP) is 13.9. The van der Waals surface area contributed by atoms with Crippen molar-refractivity contribution in [1.82, 2.24) is 0 Å². The quantitative estimate of drug-likeness (QED) is 0.0516. The highest BCUT2D eigenvalue weighted by molar-refractivity contribution is 6.24. The Hall–Kier alpha value is -4.69. The fourth-order valence-corrected chi connectivity index (χ4v) is 8.70. The number of unbranched alkanes of at least 4 members (excludes halogenated alkanes) is 10. The normalized spacial score (nSPS) is 12.1. The smallest absolute Gasteiger partial charge is 0.305 e. The fraction of sp³-hybridized carbons (Fsp3) is 0.327. The molecule has 258 valence electrons. The van der Waals surface area contributed by atoms with E-state index >= 15 is 0 Å². The maximum Gasteiger partial charge on any atom is 0.305 e. The number of hydrogen-bond acceptors (Lipinski definition) is 2. The van der Waals surface area contributed by atoms with E-state index in [0.717, 1.165) is 38.5 Å². The number of hydrogen-bond donors (Lipinski definition) is 0.